The van der Waals surface area contributed by atoms with Gasteiger partial charge >= 0.3 is 6.01 Å². The zero-order valence-electron chi connectivity index (χ0n) is 12.2. The van der Waals surface area contributed by atoms with Gasteiger partial charge in [0, 0.05) is 8.95 Å². The molecule has 0 spiro atoms. The van der Waals surface area contributed by atoms with Crippen LogP contribution in [-0.2, 0) is 0 Å². The van der Waals surface area contributed by atoms with Crippen molar-refractivity contribution in [3.8, 4) is 11.8 Å². The van der Waals surface area contributed by atoms with Crippen molar-refractivity contribution in [2.45, 2.75) is 5.54 Å². The SMILES string of the molecule is Brc1ccc(Oc2ncncn2)c(Br)c1Br.NC(CO)(CO)CO. The Kier molecular flexibility index (Phi) is 9.19. The highest BCUT2D eigenvalue weighted by atomic mass is 79.9. The van der Waals surface area contributed by atoms with Crippen molar-refractivity contribution in [1.29, 1.82) is 0 Å². The summed E-state index contributed by atoms with van der Waals surface area (Å²) >= 11 is 10.2. The number of halogens is 3. The smallest absolute Gasteiger partial charge is 0.324 e. The number of nitrogens with zero attached hydrogens (tertiary/aromatic N) is 3. The van der Waals surface area contributed by atoms with Crippen LogP contribution in [0.1, 0.15) is 0 Å². The summed E-state index contributed by atoms with van der Waals surface area (Å²) < 4.78 is 8.09. The molecule has 0 aliphatic heterocycles. The van der Waals surface area contributed by atoms with E-state index in [1.165, 1.54) is 12.7 Å². The van der Waals surface area contributed by atoms with E-state index in [4.69, 9.17) is 25.8 Å². The highest BCUT2D eigenvalue weighted by Gasteiger charge is 2.20. The van der Waals surface area contributed by atoms with Crippen molar-refractivity contribution in [3.63, 3.8) is 0 Å². The average molecular weight is 531 g/mol. The van der Waals surface area contributed by atoms with Crippen LogP contribution >= 0.6 is 47.8 Å². The van der Waals surface area contributed by atoms with Gasteiger partial charge in [-0.25, -0.2) is 4.98 Å². The third-order valence-corrected chi connectivity index (χ3v) is 5.95. The maximum atomic E-state index is 8.34. The lowest BCUT2D eigenvalue weighted by molar-refractivity contribution is 0.0698. The first-order valence-corrected chi connectivity index (χ1v) is 8.79. The van der Waals surface area contributed by atoms with E-state index >= 15 is 0 Å². The maximum Gasteiger partial charge on any atom is 0.324 e. The van der Waals surface area contributed by atoms with Gasteiger partial charge in [-0.15, -0.1) is 0 Å². The molecule has 0 aliphatic rings. The number of nitrogens with two attached hydrogens (primary N) is 1. The van der Waals surface area contributed by atoms with Crippen molar-refractivity contribution < 1.29 is 20.1 Å². The van der Waals surface area contributed by atoms with E-state index < -0.39 is 25.4 Å². The zero-order chi connectivity index (χ0) is 18.2. The summed E-state index contributed by atoms with van der Waals surface area (Å²) in [6, 6.07) is 3.93. The van der Waals surface area contributed by atoms with E-state index in [0.717, 1.165) is 13.4 Å². The molecule has 1 heterocycles. The van der Waals surface area contributed by atoms with Crippen LogP contribution < -0.4 is 10.5 Å². The molecule has 0 saturated carbocycles. The van der Waals surface area contributed by atoms with Crippen LogP contribution in [0.15, 0.2) is 38.2 Å². The first-order valence-electron chi connectivity index (χ1n) is 6.41. The molecule has 0 amide bonds. The molecule has 0 radical (unpaired) electrons. The number of hydrogen-bond acceptors (Lipinski definition) is 8. The van der Waals surface area contributed by atoms with Gasteiger partial charge < -0.3 is 25.8 Å². The molecule has 0 saturated heterocycles. The Hall–Kier alpha value is -0.690. The fourth-order valence-electron chi connectivity index (χ4n) is 1.12. The molecule has 2 aromatic rings. The number of benzene rings is 1. The van der Waals surface area contributed by atoms with Crippen LogP contribution in [0.5, 0.6) is 11.8 Å². The first-order chi connectivity index (χ1) is 11.4. The molecule has 0 fully saturated rings. The second kappa shape index (κ2) is 10.3. The fraction of sp³-hybridized carbons (Fsp3) is 0.308. The van der Waals surface area contributed by atoms with Crippen LogP contribution in [0.25, 0.3) is 0 Å². The summed E-state index contributed by atoms with van der Waals surface area (Å²) in [6.07, 6.45) is 2.76. The Balaban J connectivity index is 0.000000307. The molecule has 0 aliphatic carbocycles. The Morgan fingerprint density at radius 1 is 0.958 bits per heavy atom. The summed E-state index contributed by atoms with van der Waals surface area (Å²) in [6.45, 7) is -1.21. The number of rotatable bonds is 5. The Labute approximate surface area is 163 Å². The molecule has 132 valence electrons. The average Bonchev–Trinajstić information content (AvgIpc) is 2.63. The summed E-state index contributed by atoms with van der Waals surface area (Å²) in [7, 11) is 0. The standard InChI is InChI=1S/C9H4Br3N3O.C4H11NO3/c10-5-1-2-6(8(12)7(5)11)16-9-14-3-13-4-15-9;5-4(1-6,2-7)3-8/h1-4H;6-8H,1-3,5H2. The van der Waals surface area contributed by atoms with E-state index in [1.807, 2.05) is 12.1 Å². The minimum Gasteiger partial charge on any atom is -0.423 e. The molecule has 11 heteroatoms. The van der Waals surface area contributed by atoms with Gasteiger partial charge in [0.1, 0.15) is 18.4 Å². The lowest BCUT2D eigenvalue weighted by Gasteiger charge is -2.20. The van der Waals surface area contributed by atoms with E-state index in [0.29, 0.717) is 5.75 Å². The van der Waals surface area contributed by atoms with Gasteiger partial charge in [0.05, 0.1) is 29.8 Å². The molecule has 0 atom stereocenters. The quantitative estimate of drug-likeness (QED) is 0.428. The van der Waals surface area contributed by atoms with E-state index in [1.54, 1.807) is 0 Å². The number of aliphatic hydroxyl groups excluding tert-OH is 3. The first kappa shape index (κ1) is 21.4. The van der Waals surface area contributed by atoms with Crippen LogP contribution in [0, 0.1) is 0 Å². The number of aliphatic hydroxyl groups is 3. The van der Waals surface area contributed by atoms with Crippen molar-refractivity contribution in [1.82, 2.24) is 15.0 Å². The van der Waals surface area contributed by atoms with Gasteiger partial charge in [0.2, 0.25) is 0 Å². The number of aromatic nitrogens is 3. The lowest BCUT2D eigenvalue weighted by Crippen LogP contribution is -2.50. The van der Waals surface area contributed by atoms with Gasteiger partial charge in [-0.05, 0) is 59.9 Å². The van der Waals surface area contributed by atoms with Crippen LogP contribution in [0.3, 0.4) is 0 Å². The van der Waals surface area contributed by atoms with Crippen LogP contribution in [0.2, 0.25) is 0 Å². The lowest BCUT2D eigenvalue weighted by atomic mass is 10.1. The Bertz CT molecular complexity index is 636. The fourth-order valence-corrected chi connectivity index (χ4v) is 2.47. The highest BCUT2D eigenvalue weighted by Crippen LogP contribution is 2.38. The molecule has 1 aromatic carbocycles. The molecule has 0 bridgehead atoms. The van der Waals surface area contributed by atoms with Gasteiger partial charge in [0.25, 0.3) is 0 Å². The van der Waals surface area contributed by atoms with Crippen molar-refractivity contribution >= 4 is 47.8 Å². The van der Waals surface area contributed by atoms with E-state index in [-0.39, 0.29) is 6.01 Å². The van der Waals surface area contributed by atoms with E-state index in [9.17, 15) is 0 Å². The molecular formula is C13H15Br3N4O4. The predicted molar refractivity (Wildman–Crippen MR) is 97.6 cm³/mol. The third-order valence-electron chi connectivity index (χ3n) is 2.62. The van der Waals surface area contributed by atoms with Gasteiger partial charge in [-0.3, -0.25) is 0 Å². The van der Waals surface area contributed by atoms with Crippen LogP contribution in [0.4, 0.5) is 0 Å². The maximum absolute atomic E-state index is 8.34. The minimum absolute atomic E-state index is 0.255. The molecule has 2 rings (SSSR count). The minimum atomic E-state index is -1.21. The van der Waals surface area contributed by atoms with Gasteiger partial charge in [-0.2, -0.15) is 9.97 Å². The van der Waals surface area contributed by atoms with Crippen molar-refractivity contribution in [2.24, 2.45) is 5.73 Å². The zero-order valence-corrected chi connectivity index (χ0v) is 17.0. The second-order valence-electron chi connectivity index (χ2n) is 4.53. The third kappa shape index (κ3) is 6.31. The molecule has 8 nitrogen and oxygen atoms in total. The monoisotopic (exact) mass is 528 g/mol. The second-order valence-corrected chi connectivity index (χ2v) is 6.97. The highest BCUT2D eigenvalue weighted by molar-refractivity contribution is 9.14. The normalized spacial score (nSPS) is 10.8. The summed E-state index contributed by atoms with van der Waals surface area (Å²) in [5, 5.41) is 25.0. The number of ether oxygens (including phenoxy) is 1. The van der Waals surface area contributed by atoms with Gasteiger partial charge in [0.15, 0.2) is 0 Å². The van der Waals surface area contributed by atoms with Crippen molar-refractivity contribution in [3.05, 3.63) is 38.2 Å². The molecular weight excluding hydrogens is 516 g/mol. The van der Waals surface area contributed by atoms with Crippen LogP contribution in [-0.4, -0.2) is 55.6 Å². The largest absolute Gasteiger partial charge is 0.423 e. The van der Waals surface area contributed by atoms with E-state index in [2.05, 4.69) is 62.7 Å². The number of hydrogen-bond donors (Lipinski definition) is 4. The topological polar surface area (TPSA) is 135 Å². The Morgan fingerprint density at radius 2 is 1.50 bits per heavy atom. The molecule has 5 N–H and O–H groups in total. The summed E-state index contributed by atoms with van der Waals surface area (Å²) in [5.74, 6) is 0.626. The summed E-state index contributed by atoms with van der Waals surface area (Å²) in [4.78, 5) is 11.5. The predicted octanol–water partition coefficient (Wildman–Crippen LogP) is 1.61. The van der Waals surface area contributed by atoms with Gasteiger partial charge in [-0.1, -0.05) is 0 Å². The van der Waals surface area contributed by atoms with Crippen molar-refractivity contribution in [2.75, 3.05) is 19.8 Å². The molecule has 0 unspecified atom stereocenters. The molecule has 1 aromatic heterocycles. The molecule has 24 heavy (non-hydrogen) atoms. The summed E-state index contributed by atoms with van der Waals surface area (Å²) in [5.41, 5.74) is 3.94. The Morgan fingerprint density at radius 3 is 1.96 bits per heavy atom.